The summed E-state index contributed by atoms with van der Waals surface area (Å²) in [6.45, 7) is 7.30. The van der Waals surface area contributed by atoms with E-state index in [4.69, 9.17) is 29.4 Å². The number of nitrogens with two attached hydrogens (primary N) is 1. The quantitative estimate of drug-likeness (QED) is 0.225. The average molecular weight is 577 g/mol. The van der Waals surface area contributed by atoms with E-state index in [1.165, 1.54) is 26.4 Å². The van der Waals surface area contributed by atoms with E-state index in [1.807, 2.05) is 26.8 Å². The molecule has 228 valence electrons. The number of rotatable bonds is 5. The SMILES string of the molecule is CO/C1=C(/C)CC(OC)C(OC)C(C)C=C(C)C(OC(N)=O)C(OC)C=CCC(C)C(=O)Nc2cc(O)cc1c2O. The van der Waals surface area contributed by atoms with E-state index in [-0.39, 0.29) is 34.6 Å². The molecule has 6 unspecified atom stereocenters. The monoisotopic (exact) mass is 576 g/mol. The molecule has 5 N–H and O–H groups in total. The Morgan fingerprint density at radius 2 is 1.73 bits per heavy atom. The summed E-state index contributed by atoms with van der Waals surface area (Å²) in [4.78, 5) is 24.8. The van der Waals surface area contributed by atoms with Crippen LogP contribution in [0.25, 0.3) is 5.76 Å². The minimum Gasteiger partial charge on any atom is -0.508 e. The number of anilines is 1. The number of primary amides is 1. The number of amides is 2. The van der Waals surface area contributed by atoms with Crippen molar-refractivity contribution in [2.24, 2.45) is 17.6 Å². The van der Waals surface area contributed by atoms with Gasteiger partial charge in [-0.05, 0) is 37.5 Å². The fourth-order valence-corrected chi connectivity index (χ4v) is 5.07. The molecule has 0 spiro atoms. The second kappa shape index (κ2) is 15.5. The molecule has 0 saturated heterocycles. The number of carbonyl (C=O) groups is 2. The molecule has 1 aromatic carbocycles. The summed E-state index contributed by atoms with van der Waals surface area (Å²) in [6, 6.07) is 2.64. The van der Waals surface area contributed by atoms with Crippen LogP contribution in [0.15, 0.2) is 41.5 Å². The van der Waals surface area contributed by atoms with E-state index in [2.05, 4.69) is 5.32 Å². The number of aromatic hydroxyl groups is 2. The number of carbonyl (C=O) groups excluding carboxylic acids is 2. The maximum atomic E-state index is 13.0. The lowest BCUT2D eigenvalue weighted by Gasteiger charge is -2.31. The van der Waals surface area contributed by atoms with Gasteiger partial charge in [-0.25, -0.2) is 4.79 Å². The van der Waals surface area contributed by atoms with Crippen LogP contribution < -0.4 is 11.1 Å². The van der Waals surface area contributed by atoms with Crippen molar-refractivity contribution in [3.8, 4) is 11.5 Å². The van der Waals surface area contributed by atoms with Crippen molar-refractivity contribution in [3.05, 3.63) is 47.1 Å². The normalized spacial score (nSPS) is 28.5. The number of hydrogen-bond acceptors (Lipinski definition) is 9. The largest absolute Gasteiger partial charge is 0.508 e. The second-order valence-electron chi connectivity index (χ2n) is 10.3. The number of phenolic OH excluding ortho intramolecular Hbond substituents is 2. The molecule has 2 rings (SSSR count). The molecule has 0 saturated carbocycles. The molecule has 1 aliphatic heterocycles. The molecule has 2 amide bonds. The molecule has 1 heterocycles. The summed E-state index contributed by atoms with van der Waals surface area (Å²) in [7, 11) is 6.09. The zero-order valence-electron chi connectivity index (χ0n) is 25.1. The topological polar surface area (TPSA) is 159 Å². The van der Waals surface area contributed by atoms with Crippen LogP contribution in [-0.2, 0) is 28.5 Å². The van der Waals surface area contributed by atoms with Crippen LogP contribution in [0.4, 0.5) is 10.5 Å². The van der Waals surface area contributed by atoms with Gasteiger partial charge in [0.15, 0.2) is 6.10 Å². The van der Waals surface area contributed by atoms with E-state index in [1.54, 1.807) is 33.3 Å². The lowest BCUT2D eigenvalue weighted by Crippen LogP contribution is -2.37. The molecule has 11 heteroatoms. The third-order valence-corrected chi connectivity index (χ3v) is 7.21. The van der Waals surface area contributed by atoms with Crippen molar-refractivity contribution < 1.29 is 43.5 Å². The van der Waals surface area contributed by atoms with Crippen LogP contribution in [0.1, 0.15) is 46.1 Å². The molecule has 6 atom stereocenters. The van der Waals surface area contributed by atoms with Gasteiger partial charge in [0.25, 0.3) is 0 Å². The van der Waals surface area contributed by atoms with Gasteiger partial charge < -0.3 is 44.9 Å². The Morgan fingerprint density at radius 3 is 2.29 bits per heavy atom. The predicted octanol–water partition coefficient (Wildman–Crippen LogP) is 4.49. The summed E-state index contributed by atoms with van der Waals surface area (Å²) in [5, 5.41) is 24.2. The summed E-state index contributed by atoms with van der Waals surface area (Å²) >= 11 is 0. The van der Waals surface area contributed by atoms with Crippen LogP contribution in [-0.4, -0.2) is 75.1 Å². The third-order valence-electron chi connectivity index (χ3n) is 7.21. The lowest BCUT2D eigenvalue weighted by molar-refractivity contribution is -0.119. The molecule has 41 heavy (non-hydrogen) atoms. The predicted molar refractivity (Wildman–Crippen MR) is 155 cm³/mol. The highest BCUT2D eigenvalue weighted by molar-refractivity contribution is 5.95. The van der Waals surface area contributed by atoms with Gasteiger partial charge in [-0.15, -0.1) is 0 Å². The minimum absolute atomic E-state index is 0.0392. The van der Waals surface area contributed by atoms with Crippen LogP contribution in [0.2, 0.25) is 0 Å². The fourth-order valence-electron chi connectivity index (χ4n) is 5.07. The molecular weight excluding hydrogens is 532 g/mol. The van der Waals surface area contributed by atoms with Gasteiger partial charge in [0.1, 0.15) is 23.4 Å². The van der Waals surface area contributed by atoms with E-state index >= 15 is 0 Å². The highest BCUT2D eigenvalue weighted by atomic mass is 16.6. The summed E-state index contributed by atoms with van der Waals surface area (Å²) < 4.78 is 28.4. The molecule has 0 fully saturated rings. The molecular formula is C30H44N2O9. The summed E-state index contributed by atoms with van der Waals surface area (Å²) in [6.07, 6.45) is 2.67. The number of allylic oxidation sites excluding steroid dienone is 1. The highest BCUT2D eigenvalue weighted by Gasteiger charge is 2.31. The summed E-state index contributed by atoms with van der Waals surface area (Å²) in [5.41, 5.74) is 7.04. The number of methoxy groups -OCH3 is 4. The Morgan fingerprint density at radius 1 is 1.05 bits per heavy atom. The number of benzene rings is 1. The van der Waals surface area contributed by atoms with Crippen molar-refractivity contribution in [2.45, 2.75) is 65.0 Å². The lowest BCUT2D eigenvalue weighted by atomic mass is 9.91. The molecule has 0 aliphatic carbocycles. The zero-order chi connectivity index (χ0) is 30.9. The van der Waals surface area contributed by atoms with Crippen molar-refractivity contribution in [1.82, 2.24) is 0 Å². The number of nitrogens with one attached hydrogen (secondary N) is 1. The standard InChI is InChI=1S/C30H44N2O9/c1-16-10-9-11-23(37-5)28(41-30(31)36)18(3)12-17(2)27(40-8)24(38-6)13-19(4)26(39-7)21-14-20(33)15-22(25(21)34)32-29(16)35/h9,11-12,14-17,23-24,27-28,33-34H,10,13H2,1-8H3,(H2,31,36)(H,32,35)/b11-9?,18-12?,26-19-. The first-order chi connectivity index (χ1) is 19.4. The van der Waals surface area contributed by atoms with Crippen molar-refractivity contribution in [3.63, 3.8) is 0 Å². The number of fused-ring (bicyclic) bond motifs is 2. The van der Waals surface area contributed by atoms with E-state index in [0.29, 0.717) is 29.7 Å². The first-order valence-electron chi connectivity index (χ1n) is 13.4. The van der Waals surface area contributed by atoms with Gasteiger partial charge in [0.05, 0.1) is 30.6 Å². The maximum Gasteiger partial charge on any atom is 0.405 e. The molecule has 1 aromatic rings. The van der Waals surface area contributed by atoms with E-state index in [9.17, 15) is 19.8 Å². The molecule has 0 radical (unpaired) electrons. The van der Waals surface area contributed by atoms with Crippen LogP contribution in [0, 0.1) is 11.8 Å². The minimum atomic E-state index is -0.951. The number of ether oxygens (including phenoxy) is 5. The Balaban J connectivity index is 2.72. The Labute approximate surface area is 241 Å². The summed E-state index contributed by atoms with van der Waals surface area (Å²) in [5.74, 6) is -1.21. The first kappa shape index (κ1) is 33.7. The van der Waals surface area contributed by atoms with Gasteiger partial charge >= 0.3 is 6.09 Å². The second-order valence-corrected chi connectivity index (χ2v) is 10.3. The average Bonchev–Trinajstić information content (AvgIpc) is 2.91. The Bertz CT molecular complexity index is 1160. The van der Waals surface area contributed by atoms with Gasteiger partial charge in [-0.1, -0.05) is 32.1 Å². The Kier molecular flexibility index (Phi) is 12.7. The molecule has 11 nitrogen and oxygen atoms in total. The third kappa shape index (κ3) is 8.72. The van der Waals surface area contributed by atoms with Gasteiger partial charge in [-0.2, -0.15) is 0 Å². The smallest absolute Gasteiger partial charge is 0.405 e. The number of phenols is 2. The molecule has 1 aliphatic rings. The number of hydrogen-bond donors (Lipinski definition) is 4. The fraction of sp³-hybridized carbons (Fsp3) is 0.533. The van der Waals surface area contributed by atoms with Gasteiger partial charge in [0, 0.05) is 45.7 Å². The van der Waals surface area contributed by atoms with Crippen LogP contribution in [0.5, 0.6) is 11.5 Å². The molecule has 2 bridgehead atoms. The van der Waals surface area contributed by atoms with Gasteiger partial charge in [-0.3, -0.25) is 4.79 Å². The van der Waals surface area contributed by atoms with Crippen molar-refractivity contribution in [2.75, 3.05) is 33.8 Å². The van der Waals surface area contributed by atoms with Crippen molar-refractivity contribution >= 4 is 23.4 Å². The van der Waals surface area contributed by atoms with Crippen molar-refractivity contribution in [1.29, 1.82) is 0 Å². The molecule has 0 aromatic heterocycles. The van der Waals surface area contributed by atoms with E-state index in [0.717, 1.165) is 0 Å². The van der Waals surface area contributed by atoms with Gasteiger partial charge in [0.2, 0.25) is 5.91 Å². The van der Waals surface area contributed by atoms with Crippen LogP contribution >= 0.6 is 0 Å². The van der Waals surface area contributed by atoms with E-state index < -0.39 is 36.4 Å². The zero-order valence-corrected chi connectivity index (χ0v) is 25.1. The first-order valence-corrected chi connectivity index (χ1v) is 13.4. The highest BCUT2D eigenvalue weighted by Crippen LogP contribution is 2.39. The Hall–Kier alpha value is -3.54. The van der Waals surface area contributed by atoms with Crippen LogP contribution in [0.3, 0.4) is 0 Å². The maximum absolute atomic E-state index is 13.0.